The van der Waals surface area contributed by atoms with Crippen LogP contribution in [0.5, 0.6) is 0 Å². The molecule has 2 amide bonds. The Morgan fingerprint density at radius 2 is 1.60 bits per heavy atom. The molecule has 3 N–H and O–H groups in total. The van der Waals surface area contributed by atoms with E-state index in [4.69, 9.17) is 0 Å². The van der Waals surface area contributed by atoms with Crippen LogP contribution in [0.1, 0.15) is 60.9 Å². The van der Waals surface area contributed by atoms with Gasteiger partial charge in [0.1, 0.15) is 11.4 Å². The van der Waals surface area contributed by atoms with Crippen molar-refractivity contribution in [2.45, 2.75) is 63.2 Å². The van der Waals surface area contributed by atoms with E-state index in [-0.39, 0.29) is 29.6 Å². The summed E-state index contributed by atoms with van der Waals surface area (Å²) in [6.45, 7) is 4.47. The van der Waals surface area contributed by atoms with Crippen LogP contribution < -0.4 is 16.0 Å². The van der Waals surface area contributed by atoms with E-state index in [1.807, 2.05) is 7.05 Å². The third-order valence-electron chi connectivity index (χ3n) is 9.62. The minimum absolute atomic E-state index is 0.0192. The number of carbonyl (C=O) groups is 2. The summed E-state index contributed by atoms with van der Waals surface area (Å²) in [5.41, 5.74) is 0.0774. The maximum Gasteiger partial charge on any atom is 0.421 e. The topological polar surface area (TPSA) is 106 Å². The fourth-order valence-corrected chi connectivity index (χ4v) is 6.60. The van der Waals surface area contributed by atoms with Gasteiger partial charge in [-0.05, 0) is 109 Å². The number of likely N-dealkylation sites (tertiary alicyclic amines) is 2. The number of nitrogens with one attached hydrogen (secondary N) is 3. The van der Waals surface area contributed by atoms with Crippen molar-refractivity contribution in [3.05, 3.63) is 41.6 Å². The molecule has 0 bridgehead atoms. The van der Waals surface area contributed by atoms with Crippen LogP contribution in [-0.4, -0.2) is 102 Å². The van der Waals surface area contributed by atoms with Crippen molar-refractivity contribution in [1.82, 2.24) is 30.0 Å². The van der Waals surface area contributed by atoms with E-state index >= 15 is 0 Å². The number of halogens is 3. The Morgan fingerprint density at radius 1 is 0.956 bits per heavy atom. The molecule has 45 heavy (non-hydrogen) atoms. The standard InChI is InChI=1S/C32H45F3N8O2/c1-41-15-11-21(12-16-41)19-36-29(44)25-5-4-6-27(25)39-28-26(32(33,34)35)20-37-31(40-28)38-23-9-7-22(8-10-23)30(45)43(3)24-13-17-42(2)18-14-24/h7-10,20-21,24-25,27H,4-6,11-19H2,1-3H3,(H,36,44)(H2,37,38,39,40)/t25-,27+/m0/s1. The maximum absolute atomic E-state index is 14.0. The first kappa shape index (κ1) is 32.9. The lowest BCUT2D eigenvalue weighted by molar-refractivity contribution is -0.137. The van der Waals surface area contributed by atoms with Crippen molar-refractivity contribution >= 4 is 29.3 Å². The number of piperidine rings is 2. The number of benzene rings is 1. The fraction of sp³-hybridized carbons (Fsp3) is 0.625. The third kappa shape index (κ3) is 8.43. The summed E-state index contributed by atoms with van der Waals surface area (Å²) in [4.78, 5) is 40.6. The number of carbonyl (C=O) groups excluding carboxylic acids is 2. The summed E-state index contributed by atoms with van der Waals surface area (Å²) in [6.07, 6.45) is 1.87. The van der Waals surface area contributed by atoms with E-state index in [2.05, 4.69) is 49.8 Å². The highest BCUT2D eigenvalue weighted by molar-refractivity contribution is 5.94. The summed E-state index contributed by atoms with van der Waals surface area (Å²) in [6, 6.07) is 6.46. The molecule has 0 unspecified atom stereocenters. The molecule has 0 radical (unpaired) electrons. The number of aromatic nitrogens is 2. The second-order valence-electron chi connectivity index (χ2n) is 12.9. The van der Waals surface area contributed by atoms with Crippen molar-refractivity contribution in [2.24, 2.45) is 11.8 Å². The number of amides is 2. The molecule has 5 rings (SSSR count). The first-order valence-electron chi connectivity index (χ1n) is 16.0. The van der Waals surface area contributed by atoms with E-state index in [1.165, 1.54) is 0 Å². The van der Waals surface area contributed by atoms with E-state index in [9.17, 15) is 22.8 Å². The fourth-order valence-electron chi connectivity index (χ4n) is 6.60. The van der Waals surface area contributed by atoms with Crippen molar-refractivity contribution in [3.8, 4) is 0 Å². The number of hydrogen-bond donors (Lipinski definition) is 3. The van der Waals surface area contributed by atoms with Crippen molar-refractivity contribution in [3.63, 3.8) is 0 Å². The molecule has 246 valence electrons. The predicted octanol–water partition coefficient (Wildman–Crippen LogP) is 4.44. The molecule has 3 aliphatic rings. The molecular weight excluding hydrogens is 585 g/mol. The van der Waals surface area contributed by atoms with Gasteiger partial charge in [0.25, 0.3) is 5.91 Å². The molecule has 1 aromatic carbocycles. The van der Waals surface area contributed by atoms with Crippen molar-refractivity contribution in [1.29, 1.82) is 0 Å². The summed E-state index contributed by atoms with van der Waals surface area (Å²) >= 11 is 0. The number of rotatable bonds is 9. The quantitative estimate of drug-likeness (QED) is 0.374. The molecule has 2 saturated heterocycles. The van der Waals surface area contributed by atoms with Crippen LogP contribution in [0.25, 0.3) is 0 Å². The number of alkyl halides is 3. The lowest BCUT2D eigenvalue weighted by Crippen LogP contribution is -2.44. The Morgan fingerprint density at radius 3 is 2.24 bits per heavy atom. The van der Waals surface area contributed by atoms with E-state index in [0.717, 1.165) is 64.5 Å². The summed E-state index contributed by atoms with van der Waals surface area (Å²) < 4.78 is 41.9. The highest BCUT2D eigenvalue weighted by Gasteiger charge is 2.39. The van der Waals surface area contributed by atoms with Gasteiger partial charge in [-0.2, -0.15) is 18.2 Å². The average Bonchev–Trinajstić information content (AvgIpc) is 3.48. The molecule has 3 fully saturated rings. The zero-order valence-electron chi connectivity index (χ0n) is 26.4. The van der Waals surface area contributed by atoms with Gasteiger partial charge in [0.15, 0.2) is 0 Å². The largest absolute Gasteiger partial charge is 0.421 e. The Kier molecular flexibility index (Phi) is 10.5. The second kappa shape index (κ2) is 14.3. The number of hydrogen-bond acceptors (Lipinski definition) is 8. The maximum atomic E-state index is 14.0. The van der Waals surface area contributed by atoms with Gasteiger partial charge in [-0.15, -0.1) is 0 Å². The normalized spacial score (nSPS) is 22.3. The lowest BCUT2D eigenvalue weighted by atomic mass is 9.96. The summed E-state index contributed by atoms with van der Waals surface area (Å²) in [5, 5.41) is 8.98. The molecular formula is C32H45F3N8O2. The Labute approximate surface area is 263 Å². The lowest BCUT2D eigenvalue weighted by Gasteiger charge is -2.35. The van der Waals surface area contributed by atoms with E-state index in [0.29, 0.717) is 36.6 Å². The van der Waals surface area contributed by atoms with E-state index in [1.54, 1.807) is 29.2 Å². The molecule has 13 heteroatoms. The van der Waals surface area contributed by atoms with Gasteiger partial charge >= 0.3 is 6.18 Å². The minimum Gasteiger partial charge on any atom is -0.366 e. The molecule has 0 spiro atoms. The van der Waals surface area contributed by atoms with E-state index < -0.39 is 23.7 Å². The van der Waals surface area contributed by atoms with Crippen LogP contribution in [0, 0.1) is 11.8 Å². The number of anilines is 3. The zero-order valence-corrected chi connectivity index (χ0v) is 26.4. The Balaban J connectivity index is 1.23. The van der Waals surface area contributed by atoms with Crippen LogP contribution in [0.3, 0.4) is 0 Å². The monoisotopic (exact) mass is 630 g/mol. The molecule has 1 aromatic heterocycles. The van der Waals surface area contributed by atoms with Gasteiger partial charge in [-0.25, -0.2) is 4.98 Å². The first-order valence-corrected chi connectivity index (χ1v) is 16.0. The Hall–Kier alpha value is -3.45. The van der Waals surface area contributed by atoms with Crippen molar-refractivity contribution in [2.75, 3.05) is 64.5 Å². The highest BCUT2D eigenvalue weighted by atomic mass is 19.4. The molecule has 10 nitrogen and oxygen atoms in total. The van der Waals surface area contributed by atoms with Crippen LogP contribution in [-0.2, 0) is 11.0 Å². The molecule has 2 aromatic rings. The van der Waals surface area contributed by atoms with Gasteiger partial charge in [0.05, 0.1) is 5.92 Å². The Bertz CT molecular complexity index is 1310. The SMILES string of the molecule is CN1CCC(CNC(=O)[C@H]2CCC[C@H]2Nc2nc(Nc3ccc(C(=O)N(C)C4CCN(C)CC4)cc3)ncc2C(F)(F)F)CC1. The average molecular weight is 631 g/mol. The molecule has 2 aliphatic heterocycles. The molecule has 1 saturated carbocycles. The predicted molar refractivity (Wildman–Crippen MR) is 167 cm³/mol. The first-order chi connectivity index (χ1) is 21.5. The van der Waals surface area contributed by atoms with Crippen LogP contribution in [0.4, 0.5) is 30.6 Å². The van der Waals surface area contributed by atoms with Crippen LogP contribution in [0.2, 0.25) is 0 Å². The molecule has 3 heterocycles. The van der Waals surface area contributed by atoms with Gasteiger partial charge in [-0.3, -0.25) is 9.59 Å². The third-order valence-corrected chi connectivity index (χ3v) is 9.62. The minimum atomic E-state index is -4.67. The van der Waals surface area contributed by atoms with Crippen molar-refractivity contribution < 1.29 is 22.8 Å². The van der Waals surface area contributed by atoms with Gasteiger partial charge in [-0.1, -0.05) is 6.42 Å². The smallest absolute Gasteiger partial charge is 0.366 e. The van der Waals surface area contributed by atoms with Gasteiger partial charge in [0.2, 0.25) is 11.9 Å². The van der Waals surface area contributed by atoms with Crippen LogP contribution >= 0.6 is 0 Å². The van der Waals surface area contributed by atoms with Gasteiger partial charge in [0, 0.05) is 43.1 Å². The van der Waals surface area contributed by atoms with Crippen LogP contribution in [0.15, 0.2) is 30.5 Å². The van der Waals surface area contributed by atoms with Gasteiger partial charge < -0.3 is 30.7 Å². The second-order valence-corrected chi connectivity index (χ2v) is 12.9. The zero-order chi connectivity index (χ0) is 32.1. The molecule has 1 aliphatic carbocycles. The number of nitrogens with zero attached hydrogens (tertiary/aromatic N) is 5. The summed E-state index contributed by atoms with van der Waals surface area (Å²) in [5.74, 6) is -0.601. The summed E-state index contributed by atoms with van der Waals surface area (Å²) in [7, 11) is 5.98. The molecule has 2 atom stereocenters. The highest BCUT2D eigenvalue weighted by Crippen LogP contribution is 2.37.